The fraction of sp³-hybridized carbons (Fsp3) is 0.294. The van der Waals surface area contributed by atoms with Gasteiger partial charge in [-0.25, -0.2) is 4.98 Å². The predicted molar refractivity (Wildman–Crippen MR) is 85.7 cm³/mol. The SMILES string of the molecule is CCc1cc(C(=O)NCCCc2ccccc2)cc(Cl)n1. The van der Waals surface area contributed by atoms with Gasteiger partial charge in [-0.2, -0.15) is 0 Å². The van der Waals surface area contributed by atoms with Gasteiger partial charge in [-0.15, -0.1) is 0 Å². The number of rotatable bonds is 6. The van der Waals surface area contributed by atoms with Crippen molar-refractivity contribution < 1.29 is 4.79 Å². The number of aryl methyl sites for hydroxylation is 2. The molecule has 0 aliphatic heterocycles. The number of carbonyl (C=O) groups excluding carboxylic acids is 1. The number of amides is 1. The smallest absolute Gasteiger partial charge is 0.251 e. The quantitative estimate of drug-likeness (QED) is 0.653. The van der Waals surface area contributed by atoms with Crippen molar-refractivity contribution in [2.75, 3.05) is 6.54 Å². The molecular formula is C17H19ClN2O. The van der Waals surface area contributed by atoms with Crippen LogP contribution in [0.15, 0.2) is 42.5 Å². The van der Waals surface area contributed by atoms with Crippen molar-refractivity contribution in [3.8, 4) is 0 Å². The molecule has 3 nitrogen and oxygen atoms in total. The number of aromatic nitrogens is 1. The van der Waals surface area contributed by atoms with Gasteiger partial charge in [-0.1, -0.05) is 48.9 Å². The van der Waals surface area contributed by atoms with Crippen LogP contribution in [0.4, 0.5) is 0 Å². The second-order valence-electron chi connectivity index (χ2n) is 4.87. The van der Waals surface area contributed by atoms with Gasteiger partial charge in [0, 0.05) is 17.8 Å². The molecule has 0 unspecified atom stereocenters. The Balaban J connectivity index is 1.83. The van der Waals surface area contributed by atoms with E-state index in [4.69, 9.17) is 11.6 Å². The number of nitrogens with one attached hydrogen (secondary N) is 1. The molecule has 0 spiro atoms. The number of halogens is 1. The van der Waals surface area contributed by atoms with Gasteiger partial charge in [-0.05, 0) is 37.0 Å². The zero-order valence-corrected chi connectivity index (χ0v) is 12.9. The van der Waals surface area contributed by atoms with E-state index >= 15 is 0 Å². The van der Waals surface area contributed by atoms with Crippen LogP contribution in [0.1, 0.15) is 35.0 Å². The molecule has 0 radical (unpaired) electrons. The first-order valence-electron chi connectivity index (χ1n) is 7.17. The molecule has 1 aromatic heterocycles. The molecule has 1 heterocycles. The lowest BCUT2D eigenvalue weighted by Gasteiger charge is -2.07. The molecule has 0 saturated heterocycles. The Bertz CT molecular complexity index is 599. The van der Waals surface area contributed by atoms with Crippen LogP contribution >= 0.6 is 11.6 Å². The van der Waals surface area contributed by atoms with Crippen molar-refractivity contribution >= 4 is 17.5 Å². The second-order valence-corrected chi connectivity index (χ2v) is 5.26. The van der Waals surface area contributed by atoms with Crippen molar-refractivity contribution in [2.24, 2.45) is 0 Å². The molecule has 1 amide bonds. The van der Waals surface area contributed by atoms with E-state index in [0.717, 1.165) is 25.0 Å². The van der Waals surface area contributed by atoms with Gasteiger partial charge in [0.25, 0.3) is 5.91 Å². The Morgan fingerprint density at radius 1 is 1.24 bits per heavy atom. The summed E-state index contributed by atoms with van der Waals surface area (Å²) in [4.78, 5) is 16.2. The van der Waals surface area contributed by atoms with E-state index in [1.807, 2.05) is 25.1 Å². The summed E-state index contributed by atoms with van der Waals surface area (Å²) in [6.45, 7) is 2.63. The summed E-state index contributed by atoms with van der Waals surface area (Å²) >= 11 is 5.92. The van der Waals surface area contributed by atoms with Crippen molar-refractivity contribution in [3.63, 3.8) is 0 Å². The van der Waals surface area contributed by atoms with Crippen LogP contribution in [0.2, 0.25) is 5.15 Å². The molecular weight excluding hydrogens is 284 g/mol. The number of benzene rings is 1. The van der Waals surface area contributed by atoms with Crippen LogP contribution in [0, 0.1) is 0 Å². The summed E-state index contributed by atoms with van der Waals surface area (Å²) in [6, 6.07) is 13.6. The Labute approximate surface area is 130 Å². The summed E-state index contributed by atoms with van der Waals surface area (Å²) in [5, 5.41) is 3.29. The minimum Gasteiger partial charge on any atom is -0.352 e. The summed E-state index contributed by atoms with van der Waals surface area (Å²) < 4.78 is 0. The minimum atomic E-state index is -0.0953. The van der Waals surface area contributed by atoms with Crippen LogP contribution in [0.5, 0.6) is 0 Å². The standard InChI is InChI=1S/C17H19ClN2O/c1-2-15-11-14(12-16(18)20-15)17(21)19-10-6-9-13-7-4-3-5-8-13/h3-5,7-8,11-12H,2,6,9-10H2,1H3,(H,19,21). The first-order valence-corrected chi connectivity index (χ1v) is 7.55. The minimum absolute atomic E-state index is 0.0953. The normalized spacial score (nSPS) is 10.4. The average Bonchev–Trinajstić information content (AvgIpc) is 2.51. The van der Waals surface area contributed by atoms with Gasteiger partial charge < -0.3 is 5.32 Å². The lowest BCUT2D eigenvalue weighted by molar-refractivity contribution is 0.0953. The van der Waals surface area contributed by atoms with Crippen LogP contribution in [-0.4, -0.2) is 17.4 Å². The fourth-order valence-electron chi connectivity index (χ4n) is 2.10. The second kappa shape index (κ2) is 7.79. The number of pyridine rings is 1. The highest BCUT2D eigenvalue weighted by Crippen LogP contribution is 2.11. The fourth-order valence-corrected chi connectivity index (χ4v) is 2.33. The predicted octanol–water partition coefficient (Wildman–Crippen LogP) is 3.66. The maximum Gasteiger partial charge on any atom is 0.251 e. The Morgan fingerprint density at radius 2 is 2.00 bits per heavy atom. The third-order valence-corrected chi connectivity index (χ3v) is 3.44. The molecule has 0 aliphatic carbocycles. The van der Waals surface area contributed by atoms with Crippen LogP contribution < -0.4 is 5.32 Å². The largest absolute Gasteiger partial charge is 0.352 e. The number of hydrogen-bond donors (Lipinski definition) is 1. The van der Waals surface area contributed by atoms with Gasteiger partial charge in [-0.3, -0.25) is 4.79 Å². The van der Waals surface area contributed by atoms with Gasteiger partial charge in [0.15, 0.2) is 0 Å². The molecule has 1 N–H and O–H groups in total. The van der Waals surface area contributed by atoms with Crippen LogP contribution in [-0.2, 0) is 12.8 Å². The van der Waals surface area contributed by atoms with E-state index in [0.29, 0.717) is 17.3 Å². The lowest BCUT2D eigenvalue weighted by atomic mass is 10.1. The van der Waals surface area contributed by atoms with Gasteiger partial charge in [0.2, 0.25) is 0 Å². The first kappa shape index (κ1) is 15.5. The van der Waals surface area contributed by atoms with Gasteiger partial charge in [0.1, 0.15) is 5.15 Å². The van der Waals surface area contributed by atoms with E-state index in [-0.39, 0.29) is 5.91 Å². The van der Waals surface area contributed by atoms with Crippen LogP contribution in [0.25, 0.3) is 0 Å². The maximum absolute atomic E-state index is 12.1. The number of nitrogens with zero attached hydrogens (tertiary/aromatic N) is 1. The molecule has 0 fully saturated rings. The topological polar surface area (TPSA) is 42.0 Å². The maximum atomic E-state index is 12.1. The van der Waals surface area contributed by atoms with E-state index < -0.39 is 0 Å². The third-order valence-electron chi connectivity index (χ3n) is 3.24. The molecule has 0 atom stereocenters. The van der Waals surface area contributed by atoms with Gasteiger partial charge >= 0.3 is 0 Å². The van der Waals surface area contributed by atoms with E-state index in [1.54, 1.807) is 12.1 Å². The molecule has 1 aromatic carbocycles. The third kappa shape index (κ3) is 4.87. The monoisotopic (exact) mass is 302 g/mol. The molecule has 2 aromatic rings. The molecule has 0 bridgehead atoms. The van der Waals surface area contributed by atoms with E-state index in [1.165, 1.54) is 5.56 Å². The zero-order chi connectivity index (χ0) is 15.1. The number of hydrogen-bond acceptors (Lipinski definition) is 2. The van der Waals surface area contributed by atoms with Crippen molar-refractivity contribution in [2.45, 2.75) is 26.2 Å². The molecule has 2 rings (SSSR count). The van der Waals surface area contributed by atoms with Crippen LogP contribution in [0.3, 0.4) is 0 Å². The zero-order valence-electron chi connectivity index (χ0n) is 12.1. The van der Waals surface area contributed by atoms with E-state index in [9.17, 15) is 4.79 Å². The van der Waals surface area contributed by atoms with Gasteiger partial charge in [0.05, 0.1) is 0 Å². The lowest BCUT2D eigenvalue weighted by Crippen LogP contribution is -2.25. The average molecular weight is 303 g/mol. The Kier molecular flexibility index (Phi) is 5.76. The Morgan fingerprint density at radius 3 is 2.71 bits per heavy atom. The van der Waals surface area contributed by atoms with Crippen molar-refractivity contribution in [1.29, 1.82) is 0 Å². The van der Waals surface area contributed by atoms with Crippen molar-refractivity contribution in [1.82, 2.24) is 10.3 Å². The molecule has 0 aliphatic rings. The Hall–Kier alpha value is -1.87. The molecule has 110 valence electrons. The highest BCUT2D eigenvalue weighted by atomic mass is 35.5. The molecule has 0 saturated carbocycles. The van der Waals surface area contributed by atoms with Crippen molar-refractivity contribution in [3.05, 3.63) is 64.4 Å². The number of carbonyl (C=O) groups is 1. The summed E-state index contributed by atoms with van der Waals surface area (Å²) in [5.41, 5.74) is 2.69. The first-order chi connectivity index (χ1) is 10.2. The summed E-state index contributed by atoms with van der Waals surface area (Å²) in [7, 11) is 0. The highest BCUT2D eigenvalue weighted by molar-refractivity contribution is 6.29. The molecule has 4 heteroatoms. The highest BCUT2D eigenvalue weighted by Gasteiger charge is 2.08. The summed E-state index contributed by atoms with van der Waals surface area (Å²) in [5.74, 6) is -0.0953. The molecule has 21 heavy (non-hydrogen) atoms. The summed E-state index contributed by atoms with van der Waals surface area (Å²) in [6.07, 6.45) is 2.63. The van der Waals surface area contributed by atoms with E-state index in [2.05, 4.69) is 22.4 Å².